The Morgan fingerprint density at radius 2 is 2.14 bits per heavy atom. The van der Waals surface area contributed by atoms with Gasteiger partial charge in [0.25, 0.3) is 0 Å². The van der Waals surface area contributed by atoms with Gasteiger partial charge in [0.1, 0.15) is 11.4 Å². The Hall–Kier alpha value is -1.60. The van der Waals surface area contributed by atoms with Gasteiger partial charge in [0.2, 0.25) is 0 Å². The fraction of sp³-hybridized carbons (Fsp3) is 0.619. The molecule has 1 N–H and O–H groups in total. The van der Waals surface area contributed by atoms with Crippen LogP contribution in [0.15, 0.2) is 22.7 Å². The van der Waals surface area contributed by atoms with Crippen molar-refractivity contribution in [2.45, 2.75) is 71.1 Å². The molecule has 2 aromatic rings. The molecule has 0 bridgehead atoms. The molecule has 7 heteroatoms. The highest BCUT2D eigenvalue weighted by atomic mass is 79.9. The molecule has 1 fully saturated rings. The molecule has 1 aliphatic heterocycles. The van der Waals surface area contributed by atoms with Gasteiger partial charge in [-0.1, -0.05) is 15.9 Å². The third kappa shape index (κ3) is 5.06. The van der Waals surface area contributed by atoms with Crippen LogP contribution in [0.1, 0.15) is 52.3 Å². The van der Waals surface area contributed by atoms with Crippen molar-refractivity contribution in [1.82, 2.24) is 14.5 Å². The zero-order chi connectivity index (χ0) is 20.3. The molecule has 1 aliphatic rings. The standard InChI is InChI=1S/C21H30BrN3O3/c1-21(2,3)28-20(27)24-10-5-4-7-16(24)14-19-23-17-13-15(22)8-9-18(17)25(19)11-6-12-26/h8-9,13,16,26H,4-7,10-12,14H2,1-3H3. The third-order valence-corrected chi connectivity index (χ3v) is 5.50. The van der Waals surface area contributed by atoms with Crippen LogP contribution in [0, 0.1) is 0 Å². The molecule has 1 unspecified atom stereocenters. The molecule has 0 aliphatic carbocycles. The molecule has 1 atom stereocenters. The Balaban J connectivity index is 1.87. The normalized spacial score (nSPS) is 17.9. The van der Waals surface area contributed by atoms with E-state index in [4.69, 9.17) is 9.72 Å². The average molecular weight is 452 g/mol. The van der Waals surface area contributed by atoms with Gasteiger partial charge < -0.3 is 19.3 Å². The number of halogens is 1. The monoisotopic (exact) mass is 451 g/mol. The predicted octanol–water partition coefficient (Wildman–Crippen LogP) is 4.51. The van der Waals surface area contributed by atoms with Crippen molar-refractivity contribution < 1.29 is 14.6 Å². The van der Waals surface area contributed by atoms with Crippen molar-refractivity contribution in [2.24, 2.45) is 0 Å². The highest BCUT2D eigenvalue weighted by Crippen LogP contribution is 2.26. The van der Waals surface area contributed by atoms with Crippen LogP contribution in [0.4, 0.5) is 4.79 Å². The second-order valence-electron chi connectivity index (χ2n) is 8.42. The summed E-state index contributed by atoms with van der Waals surface area (Å²) in [5, 5.41) is 9.31. The van der Waals surface area contributed by atoms with Gasteiger partial charge in [0.15, 0.2) is 0 Å². The van der Waals surface area contributed by atoms with Crippen molar-refractivity contribution >= 4 is 33.1 Å². The van der Waals surface area contributed by atoms with Crippen molar-refractivity contribution in [3.63, 3.8) is 0 Å². The lowest BCUT2D eigenvalue weighted by atomic mass is 9.99. The summed E-state index contributed by atoms with van der Waals surface area (Å²) in [6.45, 7) is 7.27. The van der Waals surface area contributed by atoms with E-state index in [9.17, 15) is 9.90 Å². The first-order valence-electron chi connectivity index (χ1n) is 10.0. The Morgan fingerprint density at radius 1 is 1.36 bits per heavy atom. The minimum absolute atomic E-state index is 0.0803. The molecule has 1 aromatic heterocycles. The molecule has 3 rings (SSSR count). The number of carbonyl (C=O) groups is 1. The smallest absolute Gasteiger partial charge is 0.410 e. The number of fused-ring (bicyclic) bond motifs is 1. The van der Waals surface area contributed by atoms with Crippen molar-refractivity contribution in [2.75, 3.05) is 13.2 Å². The van der Waals surface area contributed by atoms with E-state index in [2.05, 4.69) is 26.6 Å². The Morgan fingerprint density at radius 3 is 2.86 bits per heavy atom. The number of hydrogen-bond donors (Lipinski definition) is 1. The molecule has 6 nitrogen and oxygen atoms in total. The number of aliphatic hydroxyl groups excluding tert-OH is 1. The number of hydrogen-bond acceptors (Lipinski definition) is 4. The molecule has 154 valence electrons. The number of rotatable bonds is 5. The third-order valence-electron chi connectivity index (χ3n) is 5.00. The predicted molar refractivity (Wildman–Crippen MR) is 113 cm³/mol. The second-order valence-corrected chi connectivity index (χ2v) is 9.33. The van der Waals surface area contributed by atoms with E-state index in [1.807, 2.05) is 37.8 Å². The number of likely N-dealkylation sites (tertiary alicyclic amines) is 1. The summed E-state index contributed by atoms with van der Waals surface area (Å²) in [6.07, 6.45) is 4.19. The number of benzene rings is 1. The van der Waals surface area contributed by atoms with Gasteiger partial charge in [0.05, 0.1) is 11.0 Å². The van der Waals surface area contributed by atoms with Crippen LogP contribution in [0.3, 0.4) is 0 Å². The van der Waals surface area contributed by atoms with Crippen molar-refractivity contribution in [1.29, 1.82) is 0 Å². The van der Waals surface area contributed by atoms with E-state index in [1.54, 1.807) is 0 Å². The van der Waals surface area contributed by atoms with Crippen molar-refractivity contribution in [3.8, 4) is 0 Å². The van der Waals surface area contributed by atoms with Gasteiger partial charge in [0, 0.05) is 36.6 Å². The topological polar surface area (TPSA) is 67.6 Å². The van der Waals surface area contributed by atoms with E-state index >= 15 is 0 Å². The number of aryl methyl sites for hydroxylation is 1. The fourth-order valence-electron chi connectivity index (χ4n) is 3.77. The van der Waals surface area contributed by atoms with E-state index in [-0.39, 0.29) is 18.7 Å². The summed E-state index contributed by atoms with van der Waals surface area (Å²) in [5.41, 5.74) is 1.49. The number of aromatic nitrogens is 2. The van der Waals surface area contributed by atoms with E-state index in [0.717, 1.165) is 47.1 Å². The van der Waals surface area contributed by atoms with Gasteiger partial charge in [-0.2, -0.15) is 0 Å². The number of nitrogens with zero attached hydrogens (tertiary/aromatic N) is 3. The maximum atomic E-state index is 12.7. The first kappa shape index (κ1) is 21.1. The summed E-state index contributed by atoms with van der Waals surface area (Å²) in [6, 6.07) is 6.16. The average Bonchev–Trinajstić information content (AvgIpc) is 2.95. The lowest BCUT2D eigenvalue weighted by Crippen LogP contribution is -2.47. The molecule has 0 radical (unpaired) electrons. The quantitative estimate of drug-likeness (QED) is 0.725. The van der Waals surface area contributed by atoms with Gasteiger partial charge in [-0.15, -0.1) is 0 Å². The van der Waals surface area contributed by atoms with Gasteiger partial charge in [-0.3, -0.25) is 0 Å². The van der Waals surface area contributed by atoms with E-state index in [0.29, 0.717) is 19.4 Å². The summed E-state index contributed by atoms with van der Waals surface area (Å²) in [4.78, 5) is 19.5. The highest BCUT2D eigenvalue weighted by Gasteiger charge is 2.31. The first-order chi connectivity index (χ1) is 13.3. The van der Waals surface area contributed by atoms with Crippen LogP contribution in [-0.2, 0) is 17.7 Å². The van der Waals surface area contributed by atoms with Gasteiger partial charge in [-0.25, -0.2) is 9.78 Å². The van der Waals surface area contributed by atoms with Crippen LogP contribution in [-0.4, -0.2) is 50.4 Å². The molecule has 2 heterocycles. The van der Waals surface area contributed by atoms with E-state index in [1.165, 1.54) is 0 Å². The zero-order valence-electron chi connectivity index (χ0n) is 16.9. The molecule has 0 spiro atoms. The minimum atomic E-state index is -0.500. The Bertz CT molecular complexity index is 828. The maximum absolute atomic E-state index is 12.7. The lowest BCUT2D eigenvalue weighted by molar-refractivity contribution is 0.00966. The molecule has 0 saturated carbocycles. The number of piperidine rings is 1. The number of amides is 1. The number of carbonyl (C=O) groups excluding carboxylic acids is 1. The van der Waals surface area contributed by atoms with E-state index < -0.39 is 5.60 Å². The van der Waals surface area contributed by atoms with Gasteiger partial charge in [-0.05, 0) is 64.7 Å². The van der Waals surface area contributed by atoms with Crippen LogP contribution in [0.25, 0.3) is 11.0 Å². The maximum Gasteiger partial charge on any atom is 0.410 e. The zero-order valence-corrected chi connectivity index (χ0v) is 18.5. The second kappa shape index (κ2) is 8.82. The summed E-state index contributed by atoms with van der Waals surface area (Å²) >= 11 is 3.52. The molecular weight excluding hydrogens is 422 g/mol. The van der Waals surface area contributed by atoms with Crippen LogP contribution in [0.5, 0.6) is 0 Å². The van der Waals surface area contributed by atoms with Crippen LogP contribution < -0.4 is 0 Å². The Kier molecular flexibility index (Phi) is 6.65. The molecule has 28 heavy (non-hydrogen) atoms. The minimum Gasteiger partial charge on any atom is -0.444 e. The molecule has 1 amide bonds. The largest absolute Gasteiger partial charge is 0.444 e. The summed E-state index contributed by atoms with van der Waals surface area (Å²) in [7, 11) is 0. The Labute approximate surface area is 175 Å². The fourth-order valence-corrected chi connectivity index (χ4v) is 4.12. The number of imidazole rings is 1. The van der Waals surface area contributed by atoms with Crippen LogP contribution >= 0.6 is 15.9 Å². The SMILES string of the molecule is CC(C)(C)OC(=O)N1CCCCC1Cc1nc2cc(Br)ccc2n1CCCO. The molecule has 1 saturated heterocycles. The summed E-state index contributed by atoms with van der Waals surface area (Å²) in [5.74, 6) is 0.960. The van der Waals surface area contributed by atoms with Crippen LogP contribution in [0.2, 0.25) is 0 Å². The summed E-state index contributed by atoms with van der Waals surface area (Å²) < 4.78 is 8.81. The van der Waals surface area contributed by atoms with Gasteiger partial charge >= 0.3 is 6.09 Å². The molecule has 1 aromatic carbocycles. The lowest BCUT2D eigenvalue weighted by Gasteiger charge is -2.36. The number of aliphatic hydroxyl groups is 1. The molecular formula is C21H30BrN3O3. The first-order valence-corrected chi connectivity index (χ1v) is 10.8. The van der Waals surface area contributed by atoms with Crippen molar-refractivity contribution in [3.05, 3.63) is 28.5 Å². The number of ether oxygens (including phenoxy) is 1. The highest BCUT2D eigenvalue weighted by molar-refractivity contribution is 9.10.